The highest BCUT2D eigenvalue weighted by atomic mass is 19.2. The molecule has 0 saturated heterocycles. The summed E-state index contributed by atoms with van der Waals surface area (Å²) >= 11 is 0. The second kappa shape index (κ2) is 9.05. The second-order valence-corrected chi connectivity index (χ2v) is 8.90. The second-order valence-electron chi connectivity index (χ2n) is 8.90. The molecule has 0 aliphatic heterocycles. The summed E-state index contributed by atoms with van der Waals surface area (Å²) in [6, 6.07) is 5.34. The van der Waals surface area contributed by atoms with E-state index in [1.54, 1.807) is 6.07 Å². The lowest BCUT2D eigenvalue weighted by Gasteiger charge is -2.42. The first-order chi connectivity index (χ1) is 14.9. The van der Waals surface area contributed by atoms with Gasteiger partial charge in [-0.3, -0.25) is 0 Å². The molecule has 0 radical (unpaired) electrons. The van der Waals surface area contributed by atoms with Crippen LogP contribution in [-0.4, -0.2) is 7.11 Å². The number of halogens is 4. The van der Waals surface area contributed by atoms with Crippen LogP contribution in [0.15, 0.2) is 36.4 Å². The highest BCUT2D eigenvalue weighted by Gasteiger charge is 2.36. The fraction of sp³-hybridized carbons (Fsp3) is 0.462. The number of fused-ring (bicyclic) bond motifs is 1. The number of methoxy groups -OCH3 is 1. The molecule has 0 spiro atoms. The molecule has 0 heterocycles. The molecule has 5 heteroatoms. The monoisotopic (exact) mass is 432 g/mol. The summed E-state index contributed by atoms with van der Waals surface area (Å²) in [5.41, 5.74) is -0.238. The Labute approximate surface area is 181 Å². The van der Waals surface area contributed by atoms with Crippen molar-refractivity contribution in [3.8, 4) is 16.9 Å². The van der Waals surface area contributed by atoms with Crippen molar-refractivity contribution >= 4 is 0 Å². The third-order valence-electron chi connectivity index (χ3n) is 7.23. The molecule has 166 valence electrons. The summed E-state index contributed by atoms with van der Waals surface area (Å²) in [6.45, 7) is 2.05. The Kier molecular flexibility index (Phi) is 6.40. The van der Waals surface area contributed by atoms with Crippen LogP contribution in [0.3, 0.4) is 0 Å². The molecule has 2 aromatic carbocycles. The highest BCUT2D eigenvalue weighted by Crippen LogP contribution is 2.48. The van der Waals surface area contributed by atoms with Crippen LogP contribution in [0.5, 0.6) is 5.75 Å². The Hall–Kier alpha value is -2.30. The first-order valence-electron chi connectivity index (χ1n) is 11.1. The Balaban J connectivity index is 1.57. The van der Waals surface area contributed by atoms with Gasteiger partial charge in [0.25, 0.3) is 0 Å². The highest BCUT2D eigenvalue weighted by molar-refractivity contribution is 5.66. The minimum Gasteiger partial charge on any atom is -0.494 e. The van der Waals surface area contributed by atoms with Gasteiger partial charge in [0.05, 0.1) is 7.11 Å². The van der Waals surface area contributed by atoms with E-state index in [1.165, 1.54) is 31.7 Å². The smallest absolute Gasteiger partial charge is 0.201 e. The van der Waals surface area contributed by atoms with Crippen molar-refractivity contribution in [3.05, 3.63) is 65.2 Å². The molecule has 31 heavy (non-hydrogen) atoms. The van der Waals surface area contributed by atoms with E-state index < -0.39 is 23.3 Å². The topological polar surface area (TPSA) is 9.23 Å². The van der Waals surface area contributed by atoms with E-state index in [0.717, 1.165) is 32.1 Å². The fourth-order valence-corrected chi connectivity index (χ4v) is 5.64. The fourth-order valence-electron chi connectivity index (χ4n) is 5.64. The number of ether oxygens (including phenoxy) is 1. The summed E-state index contributed by atoms with van der Waals surface area (Å²) in [5, 5.41) is 0. The quantitative estimate of drug-likeness (QED) is 0.354. The molecular formula is C26H28F4O. The van der Waals surface area contributed by atoms with Crippen molar-refractivity contribution < 1.29 is 22.3 Å². The maximum atomic E-state index is 15.1. The van der Waals surface area contributed by atoms with Crippen LogP contribution in [0, 0.1) is 41.0 Å². The molecule has 4 unspecified atom stereocenters. The molecule has 2 aliphatic carbocycles. The molecular weight excluding hydrogens is 404 g/mol. The van der Waals surface area contributed by atoms with E-state index >= 15 is 4.39 Å². The summed E-state index contributed by atoms with van der Waals surface area (Å²) in [4.78, 5) is 0. The van der Waals surface area contributed by atoms with E-state index in [-0.39, 0.29) is 22.8 Å². The average Bonchev–Trinajstić information content (AvgIpc) is 2.78. The lowest BCUT2D eigenvalue weighted by Crippen LogP contribution is -2.30. The van der Waals surface area contributed by atoms with Crippen LogP contribution >= 0.6 is 0 Å². The largest absolute Gasteiger partial charge is 0.494 e. The van der Waals surface area contributed by atoms with Crippen molar-refractivity contribution in [2.24, 2.45) is 17.8 Å². The van der Waals surface area contributed by atoms with E-state index in [9.17, 15) is 13.2 Å². The molecule has 2 fully saturated rings. The standard InChI is InChI=1S/C26H28F4O/c1-3-4-15-5-6-17-14-18(8-7-16(17)13-15)19-9-10-20(24(28)23(19)27)21-11-12-22(31-2)26(30)25(21)29/h3-4,9-12,15-18H,5-8,13-14H2,1-2H3. The number of allylic oxidation sites excluding steroid dienone is 2. The molecule has 0 aromatic heterocycles. The molecule has 4 rings (SSSR count). The minimum atomic E-state index is -1.25. The van der Waals surface area contributed by atoms with Gasteiger partial charge >= 0.3 is 0 Å². The zero-order chi connectivity index (χ0) is 22.1. The van der Waals surface area contributed by atoms with Gasteiger partial charge in [0.1, 0.15) is 0 Å². The Morgan fingerprint density at radius 2 is 1.42 bits per heavy atom. The van der Waals surface area contributed by atoms with E-state index in [4.69, 9.17) is 4.74 Å². The van der Waals surface area contributed by atoms with Gasteiger partial charge in [-0.1, -0.05) is 24.3 Å². The van der Waals surface area contributed by atoms with Gasteiger partial charge in [0.2, 0.25) is 5.82 Å². The maximum absolute atomic E-state index is 15.1. The van der Waals surface area contributed by atoms with Gasteiger partial charge in [-0.05, 0) is 86.8 Å². The molecule has 4 atom stereocenters. The lowest BCUT2D eigenvalue weighted by molar-refractivity contribution is 0.132. The van der Waals surface area contributed by atoms with Gasteiger partial charge in [-0.15, -0.1) is 0 Å². The number of hydrogen-bond acceptors (Lipinski definition) is 1. The van der Waals surface area contributed by atoms with Crippen LogP contribution in [-0.2, 0) is 0 Å². The van der Waals surface area contributed by atoms with Gasteiger partial charge in [-0.2, -0.15) is 4.39 Å². The van der Waals surface area contributed by atoms with Gasteiger partial charge < -0.3 is 4.74 Å². The molecule has 2 saturated carbocycles. The average molecular weight is 433 g/mol. The van der Waals surface area contributed by atoms with Crippen molar-refractivity contribution in [3.63, 3.8) is 0 Å². The third kappa shape index (κ3) is 4.11. The third-order valence-corrected chi connectivity index (χ3v) is 7.23. The van der Waals surface area contributed by atoms with Gasteiger partial charge in [0, 0.05) is 11.1 Å². The summed E-state index contributed by atoms with van der Waals surface area (Å²) in [5.74, 6) is -3.03. The normalized spacial score (nSPS) is 26.1. The summed E-state index contributed by atoms with van der Waals surface area (Å²) in [7, 11) is 1.22. The van der Waals surface area contributed by atoms with E-state index in [0.29, 0.717) is 23.3 Å². The molecule has 0 N–H and O–H groups in total. The molecule has 0 amide bonds. The molecule has 0 bridgehead atoms. The van der Waals surface area contributed by atoms with Gasteiger partial charge in [0.15, 0.2) is 23.2 Å². The number of benzene rings is 2. The molecule has 2 aliphatic rings. The molecule has 2 aromatic rings. The maximum Gasteiger partial charge on any atom is 0.201 e. The van der Waals surface area contributed by atoms with Gasteiger partial charge in [-0.25, -0.2) is 13.2 Å². The minimum absolute atomic E-state index is 0.0412. The first kappa shape index (κ1) is 21.9. The predicted molar refractivity (Wildman–Crippen MR) is 114 cm³/mol. The zero-order valence-electron chi connectivity index (χ0n) is 17.9. The van der Waals surface area contributed by atoms with E-state index in [2.05, 4.69) is 19.1 Å². The van der Waals surface area contributed by atoms with Crippen LogP contribution in [0.1, 0.15) is 56.9 Å². The van der Waals surface area contributed by atoms with Crippen molar-refractivity contribution in [1.82, 2.24) is 0 Å². The Morgan fingerprint density at radius 3 is 2.13 bits per heavy atom. The summed E-state index contributed by atoms with van der Waals surface area (Å²) in [6.07, 6.45) is 10.6. The van der Waals surface area contributed by atoms with Crippen LogP contribution in [0.25, 0.3) is 11.1 Å². The van der Waals surface area contributed by atoms with E-state index in [1.807, 2.05) is 0 Å². The lowest BCUT2D eigenvalue weighted by atomic mass is 9.64. The van der Waals surface area contributed by atoms with Crippen molar-refractivity contribution in [1.29, 1.82) is 0 Å². The van der Waals surface area contributed by atoms with Crippen molar-refractivity contribution in [2.45, 2.75) is 51.4 Å². The Bertz CT molecular complexity index is 984. The first-order valence-corrected chi connectivity index (χ1v) is 11.1. The SMILES string of the molecule is CC=CC1CCC2CC(c3ccc(-c4ccc(OC)c(F)c4F)c(F)c3F)CCC2C1. The number of hydrogen-bond donors (Lipinski definition) is 0. The van der Waals surface area contributed by atoms with Crippen LogP contribution in [0.4, 0.5) is 17.6 Å². The Morgan fingerprint density at radius 1 is 0.774 bits per heavy atom. The number of rotatable bonds is 4. The van der Waals surface area contributed by atoms with Crippen molar-refractivity contribution in [2.75, 3.05) is 7.11 Å². The predicted octanol–water partition coefficient (Wildman–Crippen LogP) is 7.79. The van der Waals surface area contributed by atoms with Crippen LogP contribution < -0.4 is 4.74 Å². The molecule has 1 nitrogen and oxygen atoms in total. The zero-order valence-corrected chi connectivity index (χ0v) is 17.9. The summed E-state index contributed by atoms with van der Waals surface area (Å²) < 4.78 is 63.3. The van der Waals surface area contributed by atoms with Crippen LogP contribution in [0.2, 0.25) is 0 Å².